The molecule has 3 fully saturated rings. The van der Waals surface area contributed by atoms with Crippen LogP contribution in [0.2, 0.25) is 0 Å². The molecule has 3 heteroatoms. The van der Waals surface area contributed by atoms with Crippen LogP contribution in [0.3, 0.4) is 0 Å². The van der Waals surface area contributed by atoms with E-state index in [9.17, 15) is 13.9 Å². The monoisotopic (exact) mass is 422 g/mol. The average molecular weight is 423 g/mol. The van der Waals surface area contributed by atoms with E-state index in [1.54, 1.807) is 13.8 Å². The Morgan fingerprint density at radius 2 is 1.80 bits per heavy atom. The van der Waals surface area contributed by atoms with E-state index in [4.69, 9.17) is 0 Å². The van der Waals surface area contributed by atoms with Crippen LogP contribution in [0.25, 0.3) is 0 Å². The number of hydrogen-bond acceptors (Lipinski definition) is 1. The highest BCUT2D eigenvalue weighted by molar-refractivity contribution is 5.25. The first-order chi connectivity index (χ1) is 14.0. The second-order valence-corrected chi connectivity index (χ2v) is 12.3. The minimum atomic E-state index is -2.53. The summed E-state index contributed by atoms with van der Waals surface area (Å²) in [6.07, 6.45) is 12.3. The molecule has 3 saturated carbocycles. The van der Waals surface area contributed by atoms with Crippen LogP contribution in [-0.4, -0.2) is 17.1 Å². The van der Waals surface area contributed by atoms with E-state index in [1.165, 1.54) is 37.7 Å². The van der Waals surface area contributed by atoms with Gasteiger partial charge >= 0.3 is 0 Å². The number of aliphatic hydroxyl groups is 1. The lowest BCUT2D eigenvalue weighted by atomic mass is 9.47. The van der Waals surface area contributed by atoms with Crippen LogP contribution in [0.5, 0.6) is 0 Å². The van der Waals surface area contributed by atoms with Gasteiger partial charge in [0.15, 0.2) is 0 Å². The third kappa shape index (κ3) is 3.59. The van der Waals surface area contributed by atoms with Crippen LogP contribution in [0, 0.1) is 46.3 Å². The maximum Gasteiger partial charge on any atom is 0.250 e. The van der Waals surface area contributed by atoms with Crippen molar-refractivity contribution >= 4 is 0 Å². The maximum absolute atomic E-state index is 14.2. The molecule has 0 amide bonds. The molecule has 172 valence electrons. The predicted molar refractivity (Wildman–Crippen MR) is 119 cm³/mol. The van der Waals surface area contributed by atoms with Crippen molar-refractivity contribution in [2.75, 3.05) is 0 Å². The second kappa shape index (κ2) is 7.85. The van der Waals surface area contributed by atoms with Gasteiger partial charge in [0.2, 0.25) is 5.92 Å². The summed E-state index contributed by atoms with van der Waals surface area (Å²) in [5.41, 5.74) is 2.14. The number of fused-ring (bicyclic) bond motifs is 5. The first-order valence-corrected chi connectivity index (χ1v) is 12.7. The summed E-state index contributed by atoms with van der Waals surface area (Å²) in [6.45, 7) is 10.5. The lowest BCUT2D eigenvalue weighted by molar-refractivity contribution is -0.0709. The van der Waals surface area contributed by atoms with E-state index in [2.05, 4.69) is 26.8 Å². The van der Waals surface area contributed by atoms with Crippen molar-refractivity contribution in [1.82, 2.24) is 0 Å². The summed E-state index contributed by atoms with van der Waals surface area (Å²) < 4.78 is 28.5. The molecule has 4 rings (SSSR count). The quantitative estimate of drug-likeness (QED) is 0.451. The summed E-state index contributed by atoms with van der Waals surface area (Å²) in [7, 11) is 0. The first-order valence-electron chi connectivity index (χ1n) is 12.7. The molecule has 0 radical (unpaired) electrons. The van der Waals surface area contributed by atoms with Crippen LogP contribution in [0.4, 0.5) is 8.78 Å². The van der Waals surface area contributed by atoms with E-state index in [-0.39, 0.29) is 17.9 Å². The highest BCUT2D eigenvalue weighted by Gasteiger charge is 2.59. The molecule has 0 aromatic heterocycles. The van der Waals surface area contributed by atoms with Gasteiger partial charge in [-0.05, 0) is 98.2 Å². The van der Waals surface area contributed by atoms with E-state index in [0.717, 1.165) is 37.0 Å². The molecule has 30 heavy (non-hydrogen) atoms. The van der Waals surface area contributed by atoms with Crippen molar-refractivity contribution in [3.63, 3.8) is 0 Å². The molecule has 0 aromatic carbocycles. The summed E-state index contributed by atoms with van der Waals surface area (Å²) in [6, 6.07) is 0. The maximum atomic E-state index is 14.2. The third-order valence-electron chi connectivity index (χ3n) is 10.6. The van der Waals surface area contributed by atoms with Gasteiger partial charge in [-0.3, -0.25) is 0 Å². The molecular weight excluding hydrogens is 378 g/mol. The fourth-order valence-corrected chi connectivity index (χ4v) is 8.53. The molecule has 0 aliphatic heterocycles. The van der Waals surface area contributed by atoms with Crippen molar-refractivity contribution < 1.29 is 13.9 Å². The van der Waals surface area contributed by atoms with E-state index in [0.29, 0.717) is 23.7 Å². The molecule has 0 aromatic rings. The van der Waals surface area contributed by atoms with Gasteiger partial charge in [-0.15, -0.1) is 0 Å². The summed E-state index contributed by atoms with van der Waals surface area (Å²) in [4.78, 5) is 0. The molecule has 0 heterocycles. The highest BCUT2D eigenvalue weighted by atomic mass is 19.3. The van der Waals surface area contributed by atoms with Crippen molar-refractivity contribution in [1.29, 1.82) is 0 Å². The van der Waals surface area contributed by atoms with E-state index in [1.807, 2.05) is 0 Å². The minimum absolute atomic E-state index is 0.0433. The van der Waals surface area contributed by atoms with Crippen LogP contribution < -0.4 is 0 Å². The molecule has 1 unspecified atom stereocenters. The summed E-state index contributed by atoms with van der Waals surface area (Å²) in [5, 5.41) is 10.2. The smallest absolute Gasteiger partial charge is 0.250 e. The Balaban J connectivity index is 1.49. The van der Waals surface area contributed by atoms with Gasteiger partial charge in [0.25, 0.3) is 0 Å². The fraction of sp³-hybridized carbons (Fsp3) is 0.926. The van der Waals surface area contributed by atoms with Gasteiger partial charge < -0.3 is 5.11 Å². The van der Waals surface area contributed by atoms with Gasteiger partial charge in [0.1, 0.15) is 0 Å². The van der Waals surface area contributed by atoms with Gasteiger partial charge in [0, 0.05) is 12.3 Å². The Morgan fingerprint density at radius 1 is 1.07 bits per heavy atom. The number of hydrogen-bond donors (Lipinski definition) is 1. The normalized spacial score (nSPS) is 44.8. The number of allylic oxidation sites excluding steroid dienone is 1. The second-order valence-electron chi connectivity index (χ2n) is 12.3. The Hall–Kier alpha value is -0.440. The fourth-order valence-electron chi connectivity index (χ4n) is 8.53. The van der Waals surface area contributed by atoms with E-state index < -0.39 is 11.8 Å². The lowest BCUT2D eigenvalue weighted by Gasteiger charge is -2.58. The molecule has 0 spiro atoms. The number of aliphatic hydroxyl groups excluding tert-OH is 1. The summed E-state index contributed by atoms with van der Waals surface area (Å²) >= 11 is 0. The molecule has 1 nitrogen and oxygen atoms in total. The zero-order chi connectivity index (χ0) is 21.9. The lowest BCUT2D eigenvalue weighted by Crippen LogP contribution is -2.50. The molecular formula is C27H44F2O. The van der Waals surface area contributed by atoms with Crippen molar-refractivity contribution in [2.45, 2.75) is 111 Å². The Kier molecular flexibility index (Phi) is 5.95. The van der Waals surface area contributed by atoms with Gasteiger partial charge in [-0.1, -0.05) is 46.3 Å². The zero-order valence-corrected chi connectivity index (χ0v) is 19.9. The minimum Gasteiger partial charge on any atom is -0.393 e. The number of alkyl halides is 2. The van der Waals surface area contributed by atoms with Crippen LogP contribution in [0.1, 0.15) is 98.8 Å². The van der Waals surface area contributed by atoms with Crippen molar-refractivity contribution in [3.8, 4) is 0 Å². The zero-order valence-electron chi connectivity index (χ0n) is 19.9. The largest absolute Gasteiger partial charge is 0.393 e. The van der Waals surface area contributed by atoms with Crippen molar-refractivity contribution in [2.24, 2.45) is 46.3 Å². The van der Waals surface area contributed by atoms with Crippen LogP contribution >= 0.6 is 0 Å². The highest BCUT2D eigenvalue weighted by Crippen LogP contribution is 2.67. The molecule has 8 atom stereocenters. The molecule has 0 saturated heterocycles. The predicted octanol–water partition coefficient (Wildman–Crippen LogP) is 7.63. The Labute approximate surface area is 183 Å². The number of halogens is 2. The standard InChI is InChI=1S/C27H44F2O/c1-17(2)27(28,29)15-10-18(3)22-8-9-23-21-7-6-19-16-20(30)11-13-25(19,4)24(21)12-14-26(22,23)5/h6,17-18,20-24,30H,7-16H2,1-5H3/t18-,20+,21?,22-,23+,24+,25+,26-/m1/s1. The van der Waals surface area contributed by atoms with Gasteiger partial charge in [-0.2, -0.15) is 0 Å². The topological polar surface area (TPSA) is 20.2 Å². The average Bonchev–Trinajstić information content (AvgIpc) is 3.04. The summed E-state index contributed by atoms with van der Waals surface area (Å²) in [5.74, 6) is 0.134. The third-order valence-corrected chi connectivity index (χ3v) is 10.6. The molecule has 4 aliphatic rings. The van der Waals surface area contributed by atoms with Gasteiger partial charge in [0.05, 0.1) is 6.10 Å². The molecule has 0 bridgehead atoms. The van der Waals surface area contributed by atoms with E-state index >= 15 is 0 Å². The SMILES string of the molecule is CC(C)C(F)(F)CC[C@@H](C)[C@H]1CC[C@H]2C3CC=C4C[C@@H](O)CC[C@]4(C)[C@H]3CC[C@]12C. The Morgan fingerprint density at radius 3 is 2.50 bits per heavy atom. The van der Waals surface area contributed by atoms with Crippen molar-refractivity contribution in [3.05, 3.63) is 11.6 Å². The van der Waals surface area contributed by atoms with Crippen LogP contribution in [0.15, 0.2) is 11.6 Å². The number of rotatable bonds is 5. The Bertz CT molecular complexity index is 670. The van der Waals surface area contributed by atoms with Gasteiger partial charge in [-0.25, -0.2) is 8.78 Å². The molecule has 1 N–H and O–H groups in total. The van der Waals surface area contributed by atoms with Crippen LogP contribution in [-0.2, 0) is 0 Å². The molecule has 4 aliphatic carbocycles. The first kappa shape index (κ1) is 22.7.